The van der Waals surface area contributed by atoms with Gasteiger partial charge in [0.25, 0.3) is 0 Å². The van der Waals surface area contributed by atoms with Crippen LogP contribution in [0.1, 0.15) is 5.89 Å². The van der Waals surface area contributed by atoms with Crippen molar-refractivity contribution < 1.29 is 14.3 Å². The number of aromatic nitrogens is 1. The summed E-state index contributed by atoms with van der Waals surface area (Å²) in [6.45, 7) is 0. The van der Waals surface area contributed by atoms with Crippen LogP contribution in [0.5, 0.6) is 5.75 Å². The quantitative estimate of drug-likeness (QED) is 0.435. The van der Waals surface area contributed by atoms with E-state index in [0.717, 1.165) is 0 Å². The van der Waals surface area contributed by atoms with E-state index in [-0.39, 0.29) is 17.2 Å². The number of hydrogen-bond donors (Lipinski definition) is 2. The third-order valence-corrected chi connectivity index (χ3v) is 3.24. The van der Waals surface area contributed by atoms with Crippen molar-refractivity contribution in [2.75, 3.05) is 5.32 Å². The van der Waals surface area contributed by atoms with Crippen molar-refractivity contribution in [3.05, 3.63) is 59.6 Å². The minimum Gasteiger partial charge on any atom is -0.506 e. The van der Waals surface area contributed by atoms with Crippen LogP contribution in [-0.2, 0) is 4.79 Å². The van der Waals surface area contributed by atoms with Crippen molar-refractivity contribution in [2.24, 2.45) is 0 Å². The van der Waals surface area contributed by atoms with Crippen molar-refractivity contribution in [3.8, 4) is 5.75 Å². The molecule has 0 spiro atoms. The smallest absolute Gasteiger partial charge is 0.232 e. The zero-order valence-electron chi connectivity index (χ0n) is 11.3. The molecule has 0 amide bonds. The minimum atomic E-state index is 0.0171. The molecule has 3 aromatic rings. The number of aldehydes is 1. The second-order valence-corrected chi connectivity index (χ2v) is 4.95. The standard InChI is InChI=1S/C16H11ClN2O3/c17-11-5-6-14(21)13(7-11)18-8-10(9-20)16-19-12-3-1-2-4-15(12)22-16/h1-9,18,21H/b10-8+. The number of oxazole rings is 1. The topological polar surface area (TPSA) is 75.4 Å². The molecule has 3 rings (SSSR count). The molecule has 0 bridgehead atoms. The van der Waals surface area contributed by atoms with Gasteiger partial charge in [-0.25, -0.2) is 4.98 Å². The van der Waals surface area contributed by atoms with E-state index in [1.165, 1.54) is 12.3 Å². The van der Waals surface area contributed by atoms with Crippen molar-refractivity contribution in [1.82, 2.24) is 4.98 Å². The molecule has 2 aromatic carbocycles. The lowest BCUT2D eigenvalue weighted by atomic mass is 10.2. The number of carbonyl (C=O) groups is 1. The zero-order valence-corrected chi connectivity index (χ0v) is 12.0. The number of allylic oxidation sites excluding steroid dienone is 1. The van der Waals surface area contributed by atoms with Crippen LogP contribution in [0.4, 0.5) is 5.69 Å². The number of phenolic OH excluding ortho intramolecular Hbond substituents is 1. The summed E-state index contributed by atoms with van der Waals surface area (Å²) in [5, 5.41) is 13.0. The highest BCUT2D eigenvalue weighted by atomic mass is 35.5. The lowest BCUT2D eigenvalue weighted by Crippen LogP contribution is -1.94. The number of hydrogen-bond acceptors (Lipinski definition) is 5. The summed E-state index contributed by atoms with van der Waals surface area (Å²) < 4.78 is 5.52. The maximum absolute atomic E-state index is 11.3. The van der Waals surface area contributed by atoms with Crippen LogP contribution in [0, 0.1) is 0 Å². The minimum absolute atomic E-state index is 0.0171. The Morgan fingerprint density at radius 1 is 1.27 bits per heavy atom. The Labute approximate surface area is 130 Å². The highest BCUT2D eigenvalue weighted by Crippen LogP contribution is 2.27. The number of aromatic hydroxyl groups is 1. The number of rotatable bonds is 4. The Bertz CT molecular complexity index is 838. The summed E-state index contributed by atoms with van der Waals surface area (Å²) in [6.07, 6.45) is 2.03. The Kier molecular flexibility index (Phi) is 3.80. The molecule has 22 heavy (non-hydrogen) atoms. The molecule has 5 nitrogen and oxygen atoms in total. The number of carbonyl (C=O) groups excluding carboxylic acids is 1. The Hall–Kier alpha value is -2.79. The number of phenols is 1. The molecular weight excluding hydrogens is 304 g/mol. The monoisotopic (exact) mass is 314 g/mol. The first kappa shape index (κ1) is 14.2. The molecule has 0 unspecified atom stereocenters. The van der Waals surface area contributed by atoms with Crippen LogP contribution in [-0.4, -0.2) is 16.4 Å². The number of fused-ring (bicyclic) bond motifs is 1. The van der Waals surface area contributed by atoms with Crippen LogP contribution < -0.4 is 5.32 Å². The van der Waals surface area contributed by atoms with Crippen molar-refractivity contribution >= 4 is 40.2 Å². The molecule has 110 valence electrons. The van der Waals surface area contributed by atoms with Gasteiger partial charge in [0.2, 0.25) is 5.89 Å². The van der Waals surface area contributed by atoms with E-state index in [1.54, 1.807) is 24.3 Å². The average Bonchev–Trinajstić information content (AvgIpc) is 2.95. The summed E-state index contributed by atoms with van der Waals surface area (Å²) in [4.78, 5) is 15.5. The van der Waals surface area contributed by atoms with Crippen LogP contribution in [0.15, 0.2) is 53.1 Å². The molecule has 0 aliphatic heterocycles. The molecule has 1 aromatic heterocycles. The first-order valence-corrected chi connectivity index (χ1v) is 6.81. The van der Waals surface area contributed by atoms with Gasteiger partial charge in [-0.1, -0.05) is 23.7 Å². The molecule has 0 aliphatic carbocycles. The molecule has 1 heterocycles. The number of para-hydroxylation sites is 2. The molecule has 0 radical (unpaired) electrons. The van der Waals surface area contributed by atoms with Gasteiger partial charge in [-0.2, -0.15) is 0 Å². The number of benzene rings is 2. The SMILES string of the molecule is O=C/C(=C\Nc1cc(Cl)ccc1O)c1nc2ccccc2o1. The van der Waals surface area contributed by atoms with E-state index in [1.807, 2.05) is 12.1 Å². The fourth-order valence-electron chi connectivity index (χ4n) is 1.92. The second-order valence-electron chi connectivity index (χ2n) is 4.51. The van der Waals surface area contributed by atoms with Crippen molar-refractivity contribution in [3.63, 3.8) is 0 Å². The Morgan fingerprint density at radius 3 is 2.86 bits per heavy atom. The van der Waals surface area contributed by atoms with Gasteiger partial charge in [0, 0.05) is 11.2 Å². The van der Waals surface area contributed by atoms with Crippen LogP contribution >= 0.6 is 11.6 Å². The lowest BCUT2D eigenvalue weighted by molar-refractivity contribution is -0.103. The normalized spacial score (nSPS) is 11.6. The average molecular weight is 315 g/mol. The van der Waals surface area contributed by atoms with E-state index < -0.39 is 0 Å². The zero-order chi connectivity index (χ0) is 15.5. The molecule has 6 heteroatoms. The van der Waals surface area contributed by atoms with Gasteiger partial charge in [-0.15, -0.1) is 0 Å². The first-order chi connectivity index (χ1) is 10.7. The summed E-state index contributed by atoms with van der Waals surface area (Å²) in [5.74, 6) is 0.216. The van der Waals surface area contributed by atoms with Crippen molar-refractivity contribution in [2.45, 2.75) is 0 Å². The largest absolute Gasteiger partial charge is 0.506 e. The van der Waals surface area contributed by atoms with Gasteiger partial charge in [0.1, 0.15) is 11.3 Å². The summed E-state index contributed by atoms with van der Waals surface area (Å²) in [5.41, 5.74) is 1.85. The molecular formula is C16H11ClN2O3. The lowest BCUT2D eigenvalue weighted by Gasteiger charge is -2.04. The highest BCUT2D eigenvalue weighted by Gasteiger charge is 2.10. The highest BCUT2D eigenvalue weighted by molar-refractivity contribution is 6.30. The maximum Gasteiger partial charge on any atom is 0.232 e. The molecule has 2 N–H and O–H groups in total. The number of halogens is 1. The van der Waals surface area contributed by atoms with Crippen LogP contribution in [0.2, 0.25) is 5.02 Å². The van der Waals surface area contributed by atoms with E-state index in [4.69, 9.17) is 16.0 Å². The van der Waals surface area contributed by atoms with Gasteiger partial charge in [-0.05, 0) is 30.3 Å². The first-order valence-electron chi connectivity index (χ1n) is 6.44. The molecule has 0 aliphatic rings. The van der Waals surface area contributed by atoms with Gasteiger partial charge < -0.3 is 14.8 Å². The van der Waals surface area contributed by atoms with Crippen LogP contribution in [0.25, 0.3) is 16.7 Å². The number of nitrogens with zero attached hydrogens (tertiary/aromatic N) is 1. The third-order valence-electron chi connectivity index (χ3n) is 3.01. The van der Waals surface area contributed by atoms with Crippen LogP contribution in [0.3, 0.4) is 0 Å². The van der Waals surface area contributed by atoms with Crippen molar-refractivity contribution in [1.29, 1.82) is 0 Å². The predicted octanol–water partition coefficient (Wildman–Crippen LogP) is 3.84. The molecule has 0 saturated heterocycles. The van der Waals surface area contributed by atoms with E-state index in [2.05, 4.69) is 10.3 Å². The third kappa shape index (κ3) is 2.80. The second kappa shape index (κ2) is 5.91. The molecule has 0 atom stereocenters. The molecule has 0 fully saturated rings. The van der Waals surface area contributed by atoms with Gasteiger partial charge in [0.05, 0.1) is 11.3 Å². The van der Waals surface area contributed by atoms with Gasteiger partial charge >= 0.3 is 0 Å². The number of anilines is 1. The summed E-state index contributed by atoms with van der Waals surface area (Å²) >= 11 is 5.86. The Balaban J connectivity index is 1.93. The van der Waals surface area contributed by atoms with Gasteiger partial charge in [0.15, 0.2) is 11.9 Å². The summed E-state index contributed by atoms with van der Waals surface area (Å²) in [6, 6.07) is 11.8. The van der Waals surface area contributed by atoms with E-state index >= 15 is 0 Å². The fourth-order valence-corrected chi connectivity index (χ4v) is 2.09. The van der Waals surface area contributed by atoms with E-state index in [9.17, 15) is 9.90 Å². The summed E-state index contributed by atoms with van der Waals surface area (Å²) in [7, 11) is 0. The predicted molar refractivity (Wildman–Crippen MR) is 84.8 cm³/mol. The fraction of sp³-hybridized carbons (Fsp3) is 0. The maximum atomic E-state index is 11.3. The molecule has 0 saturated carbocycles. The van der Waals surface area contributed by atoms with Gasteiger partial charge in [-0.3, -0.25) is 4.79 Å². The van der Waals surface area contributed by atoms with E-state index in [0.29, 0.717) is 28.1 Å². The Morgan fingerprint density at radius 2 is 2.09 bits per heavy atom. The number of nitrogens with one attached hydrogen (secondary N) is 1.